The molecule has 0 aliphatic carbocycles. The molecule has 38 heavy (non-hydrogen) atoms. The third-order valence-electron chi connectivity index (χ3n) is 6.18. The number of primary sulfonamides is 1. The Kier molecular flexibility index (Phi) is 7.85. The SMILES string of the molecule is NC(=O)c1cccc([N+](=O)[O-])c1Cc1ccc(S(=O)(=O)N2CCC(Nc3cccc(S(N)(=O)=O)c3)CC2)s1. The Balaban J connectivity index is 1.45. The van der Waals surface area contributed by atoms with E-state index in [0.29, 0.717) is 23.4 Å². The predicted molar refractivity (Wildman–Crippen MR) is 142 cm³/mol. The summed E-state index contributed by atoms with van der Waals surface area (Å²) in [5, 5.41) is 19.9. The molecule has 202 valence electrons. The smallest absolute Gasteiger partial charge is 0.273 e. The van der Waals surface area contributed by atoms with Crippen LogP contribution in [0.1, 0.15) is 33.6 Å². The number of nitro benzene ring substituents is 1. The quantitative estimate of drug-likeness (QED) is 0.253. The Morgan fingerprint density at radius 2 is 1.76 bits per heavy atom. The van der Waals surface area contributed by atoms with Gasteiger partial charge in [-0.25, -0.2) is 22.0 Å². The number of carbonyl (C=O) groups is 1. The van der Waals surface area contributed by atoms with Crippen molar-refractivity contribution in [2.24, 2.45) is 10.9 Å². The molecule has 2 aromatic carbocycles. The van der Waals surface area contributed by atoms with Crippen molar-refractivity contribution in [2.45, 2.75) is 34.4 Å². The van der Waals surface area contributed by atoms with Gasteiger partial charge >= 0.3 is 0 Å². The van der Waals surface area contributed by atoms with Crippen molar-refractivity contribution in [3.8, 4) is 0 Å². The van der Waals surface area contributed by atoms with Crippen LogP contribution in [0.4, 0.5) is 11.4 Å². The number of primary amides is 1. The molecule has 1 aromatic heterocycles. The first-order chi connectivity index (χ1) is 17.9. The van der Waals surface area contributed by atoms with Crippen LogP contribution < -0.4 is 16.2 Å². The number of hydrogen-bond donors (Lipinski definition) is 3. The highest BCUT2D eigenvalue weighted by Crippen LogP contribution is 2.32. The van der Waals surface area contributed by atoms with Gasteiger partial charge < -0.3 is 11.1 Å². The van der Waals surface area contributed by atoms with Crippen molar-refractivity contribution in [3.05, 3.63) is 80.7 Å². The summed E-state index contributed by atoms with van der Waals surface area (Å²) in [6, 6.07) is 13.1. The van der Waals surface area contributed by atoms with Crippen LogP contribution in [-0.4, -0.2) is 51.1 Å². The summed E-state index contributed by atoms with van der Waals surface area (Å²) in [6.07, 6.45) is 0.976. The van der Waals surface area contributed by atoms with Crippen LogP contribution in [0.15, 0.2) is 63.7 Å². The van der Waals surface area contributed by atoms with E-state index in [2.05, 4.69) is 5.32 Å². The van der Waals surface area contributed by atoms with Crippen LogP contribution in [0.5, 0.6) is 0 Å². The molecule has 12 nitrogen and oxygen atoms in total. The molecule has 3 aromatic rings. The van der Waals surface area contributed by atoms with Gasteiger partial charge in [-0.05, 0) is 49.2 Å². The molecule has 5 N–H and O–H groups in total. The van der Waals surface area contributed by atoms with E-state index in [0.717, 1.165) is 11.3 Å². The Morgan fingerprint density at radius 3 is 2.39 bits per heavy atom. The number of nitrogens with two attached hydrogens (primary N) is 2. The average Bonchev–Trinajstić information content (AvgIpc) is 3.33. The number of carbonyl (C=O) groups excluding carboxylic acids is 1. The number of sulfonamides is 2. The fraction of sp³-hybridized carbons (Fsp3) is 0.261. The molecule has 2 heterocycles. The molecule has 1 amide bonds. The molecule has 1 aliphatic rings. The molecular weight excluding hydrogens is 554 g/mol. The number of nitro groups is 1. The molecule has 15 heteroatoms. The maximum absolute atomic E-state index is 13.3. The molecule has 4 rings (SSSR count). The minimum atomic E-state index is -3.84. The largest absolute Gasteiger partial charge is 0.382 e. The Bertz CT molecular complexity index is 1560. The van der Waals surface area contributed by atoms with Gasteiger partial charge in [0.2, 0.25) is 15.9 Å². The van der Waals surface area contributed by atoms with Crippen LogP contribution in [0, 0.1) is 10.1 Å². The van der Waals surface area contributed by atoms with Gasteiger partial charge in [-0.1, -0.05) is 12.1 Å². The van der Waals surface area contributed by atoms with Crippen molar-refractivity contribution < 1.29 is 26.6 Å². The lowest BCUT2D eigenvalue weighted by molar-refractivity contribution is -0.385. The van der Waals surface area contributed by atoms with Gasteiger partial charge in [-0.15, -0.1) is 11.3 Å². The first kappa shape index (κ1) is 27.7. The number of piperidine rings is 1. The van der Waals surface area contributed by atoms with Crippen LogP contribution in [0.3, 0.4) is 0 Å². The second kappa shape index (κ2) is 10.8. The Hall–Kier alpha value is -3.37. The summed E-state index contributed by atoms with van der Waals surface area (Å²) in [5.74, 6) is -0.805. The van der Waals surface area contributed by atoms with Gasteiger partial charge in [0.25, 0.3) is 15.7 Å². The lowest BCUT2D eigenvalue weighted by Gasteiger charge is -2.31. The minimum Gasteiger partial charge on any atom is -0.382 e. The third kappa shape index (κ3) is 6.02. The van der Waals surface area contributed by atoms with Gasteiger partial charge in [-0.2, -0.15) is 4.31 Å². The molecule has 0 atom stereocenters. The predicted octanol–water partition coefficient (Wildman–Crippen LogP) is 2.26. The maximum atomic E-state index is 13.3. The summed E-state index contributed by atoms with van der Waals surface area (Å²) in [5.41, 5.74) is 5.86. The number of benzene rings is 2. The second-order valence-corrected chi connectivity index (χ2v) is 13.6. The highest BCUT2D eigenvalue weighted by atomic mass is 32.2. The third-order valence-corrected chi connectivity index (χ3v) is 10.5. The van der Waals surface area contributed by atoms with Crippen molar-refractivity contribution in [1.29, 1.82) is 0 Å². The lowest BCUT2D eigenvalue weighted by atomic mass is 10.0. The van der Waals surface area contributed by atoms with E-state index in [4.69, 9.17) is 10.9 Å². The van der Waals surface area contributed by atoms with E-state index in [1.165, 1.54) is 40.7 Å². The van der Waals surface area contributed by atoms with Crippen LogP contribution >= 0.6 is 11.3 Å². The van der Waals surface area contributed by atoms with E-state index in [1.54, 1.807) is 18.2 Å². The number of anilines is 1. The molecule has 0 bridgehead atoms. The van der Waals surface area contributed by atoms with Crippen LogP contribution in [0.2, 0.25) is 0 Å². The first-order valence-corrected chi connectivity index (χ1v) is 15.2. The van der Waals surface area contributed by atoms with Crippen molar-refractivity contribution in [3.63, 3.8) is 0 Å². The number of amides is 1. The summed E-state index contributed by atoms with van der Waals surface area (Å²) in [6.45, 7) is 0.496. The number of thiophene rings is 1. The Labute approximate surface area is 223 Å². The van der Waals surface area contributed by atoms with Gasteiger partial charge in [0.1, 0.15) is 4.21 Å². The topological polar surface area (TPSA) is 196 Å². The molecule has 0 spiro atoms. The fourth-order valence-electron chi connectivity index (χ4n) is 4.29. The molecule has 0 saturated carbocycles. The van der Waals surface area contributed by atoms with Crippen molar-refractivity contribution in [2.75, 3.05) is 18.4 Å². The fourth-order valence-corrected chi connectivity index (χ4v) is 7.85. The summed E-state index contributed by atoms with van der Waals surface area (Å²) < 4.78 is 51.2. The van der Waals surface area contributed by atoms with E-state index < -0.39 is 30.9 Å². The molecule has 1 saturated heterocycles. The van der Waals surface area contributed by atoms with Crippen molar-refractivity contribution in [1.82, 2.24) is 4.31 Å². The van der Waals surface area contributed by atoms with Gasteiger partial charge in [0, 0.05) is 53.3 Å². The minimum absolute atomic E-state index is 0.0141. The maximum Gasteiger partial charge on any atom is 0.273 e. The highest BCUT2D eigenvalue weighted by Gasteiger charge is 2.31. The molecule has 1 aliphatic heterocycles. The van der Waals surface area contributed by atoms with Crippen LogP contribution in [-0.2, 0) is 26.5 Å². The summed E-state index contributed by atoms with van der Waals surface area (Å²) in [4.78, 5) is 23.2. The zero-order valence-electron chi connectivity index (χ0n) is 19.9. The zero-order chi connectivity index (χ0) is 27.7. The zero-order valence-corrected chi connectivity index (χ0v) is 22.4. The van der Waals surface area contributed by atoms with E-state index >= 15 is 0 Å². The van der Waals surface area contributed by atoms with Gasteiger partial charge in [0.15, 0.2) is 0 Å². The molecular formula is C23H25N5O7S3. The molecule has 0 radical (unpaired) electrons. The summed E-state index contributed by atoms with van der Waals surface area (Å²) in [7, 11) is -7.65. The standard InChI is InChI=1S/C23H25N5O7S3/c24-23(29)19-5-2-6-21(28(30)31)20(19)14-17-7-8-22(36-17)38(34,35)27-11-9-15(10-12-27)26-16-3-1-4-18(13-16)37(25,32)33/h1-8,13,15,26H,9-12,14H2,(H2,24,29)(H2,25,32,33). The highest BCUT2D eigenvalue weighted by molar-refractivity contribution is 7.91. The van der Waals surface area contributed by atoms with Gasteiger partial charge in [-0.3, -0.25) is 14.9 Å². The summed E-state index contributed by atoms with van der Waals surface area (Å²) >= 11 is 0.988. The number of rotatable bonds is 9. The lowest BCUT2D eigenvalue weighted by Crippen LogP contribution is -2.42. The van der Waals surface area contributed by atoms with E-state index in [1.807, 2.05) is 0 Å². The van der Waals surface area contributed by atoms with E-state index in [-0.39, 0.29) is 51.5 Å². The van der Waals surface area contributed by atoms with Gasteiger partial charge in [0.05, 0.1) is 9.82 Å². The monoisotopic (exact) mass is 579 g/mol. The molecule has 0 unspecified atom stereocenters. The van der Waals surface area contributed by atoms with Crippen molar-refractivity contribution >= 4 is 48.7 Å². The molecule has 1 fully saturated rings. The number of nitrogens with zero attached hydrogens (tertiary/aromatic N) is 2. The average molecular weight is 580 g/mol. The number of nitrogens with one attached hydrogen (secondary N) is 1. The van der Waals surface area contributed by atoms with E-state index in [9.17, 15) is 31.7 Å². The first-order valence-electron chi connectivity index (χ1n) is 11.4. The Morgan fingerprint density at radius 1 is 1.08 bits per heavy atom. The van der Waals surface area contributed by atoms with Crippen LogP contribution in [0.25, 0.3) is 0 Å². The number of hydrogen-bond acceptors (Lipinski definition) is 9. The second-order valence-electron chi connectivity index (χ2n) is 8.72. The normalized spacial score (nSPS) is 15.3.